The summed E-state index contributed by atoms with van der Waals surface area (Å²) in [7, 11) is 1.24. The Hall–Kier alpha value is -1.87. The molecule has 0 fully saturated rings. The largest absolute Gasteiger partial charge is 0.468 e. The Labute approximate surface area is 101 Å². The highest BCUT2D eigenvalue weighted by Gasteiger charge is 2.17. The highest BCUT2D eigenvalue weighted by molar-refractivity contribution is 8.00. The summed E-state index contributed by atoms with van der Waals surface area (Å²) in [5.74, 6) is 4.88. The number of methoxy groups -OCH3 is 1. The fraction of sp³-hybridized carbons (Fsp3) is 0.250. The summed E-state index contributed by atoms with van der Waals surface area (Å²) in [6, 6.07) is 2.64. The zero-order valence-electron chi connectivity index (χ0n) is 8.87. The molecule has 9 heteroatoms. The van der Waals surface area contributed by atoms with Crippen molar-refractivity contribution < 1.29 is 14.5 Å². The first-order chi connectivity index (χ1) is 8.08. The summed E-state index contributed by atoms with van der Waals surface area (Å²) < 4.78 is 4.43. The van der Waals surface area contributed by atoms with Gasteiger partial charge in [0.05, 0.1) is 17.8 Å². The van der Waals surface area contributed by atoms with Gasteiger partial charge in [-0.15, -0.1) is 0 Å². The number of pyridine rings is 1. The molecular weight excluding hydrogens is 248 g/mol. The Balaban J connectivity index is 2.93. The lowest BCUT2D eigenvalue weighted by Gasteiger charge is -2.04. The van der Waals surface area contributed by atoms with E-state index in [2.05, 4.69) is 15.1 Å². The molecule has 0 aliphatic carbocycles. The van der Waals surface area contributed by atoms with Crippen LogP contribution in [-0.2, 0) is 9.53 Å². The number of carbonyl (C=O) groups is 1. The summed E-state index contributed by atoms with van der Waals surface area (Å²) in [5, 5.41) is 10.8. The monoisotopic (exact) mass is 258 g/mol. The van der Waals surface area contributed by atoms with E-state index < -0.39 is 10.9 Å². The number of ether oxygens (including phenoxy) is 1. The summed E-state index contributed by atoms with van der Waals surface area (Å²) in [6.07, 6.45) is 0. The first kappa shape index (κ1) is 13.2. The number of anilines is 1. The van der Waals surface area contributed by atoms with Gasteiger partial charge >= 0.3 is 11.7 Å². The predicted octanol–water partition coefficient (Wildman–Crippen LogP) is 0.540. The Morgan fingerprint density at radius 1 is 1.71 bits per heavy atom. The van der Waals surface area contributed by atoms with Gasteiger partial charge in [-0.25, -0.2) is 10.8 Å². The molecule has 0 amide bonds. The van der Waals surface area contributed by atoms with Gasteiger partial charge in [-0.3, -0.25) is 14.9 Å². The third-order valence-electron chi connectivity index (χ3n) is 1.74. The predicted molar refractivity (Wildman–Crippen MR) is 61.4 cm³/mol. The van der Waals surface area contributed by atoms with E-state index in [0.29, 0.717) is 0 Å². The number of hydrogen-bond donors (Lipinski definition) is 2. The van der Waals surface area contributed by atoms with Crippen molar-refractivity contribution in [3.63, 3.8) is 0 Å². The molecule has 1 heterocycles. The number of hydrogen-bond acceptors (Lipinski definition) is 8. The van der Waals surface area contributed by atoms with Crippen molar-refractivity contribution in [3.05, 3.63) is 22.2 Å². The fourth-order valence-electron chi connectivity index (χ4n) is 0.945. The fourth-order valence-corrected chi connectivity index (χ4v) is 1.77. The van der Waals surface area contributed by atoms with Crippen LogP contribution in [0.5, 0.6) is 0 Å². The topological polar surface area (TPSA) is 120 Å². The van der Waals surface area contributed by atoms with Gasteiger partial charge in [0.1, 0.15) is 5.82 Å². The van der Waals surface area contributed by atoms with Gasteiger partial charge in [-0.1, -0.05) is 11.8 Å². The molecule has 0 aliphatic rings. The van der Waals surface area contributed by atoms with Crippen LogP contribution >= 0.6 is 11.8 Å². The lowest BCUT2D eigenvalue weighted by Crippen LogP contribution is -2.10. The quantitative estimate of drug-likeness (QED) is 0.258. The Morgan fingerprint density at radius 2 is 2.41 bits per heavy atom. The van der Waals surface area contributed by atoms with Crippen LogP contribution in [0, 0.1) is 10.1 Å². The molecule has 17 heavy (non-hydrogen) atoms. The highest BCUT2D eigenvalue weighted by Crippen LogP contribution is 2.28. The molecular formula is C8H10N4O4S. The Morgan fingerprint density at radius 3 is 2.94 bits per heavy atom. The van der Waals surface area contributed by atoms with Crippen LogP contribution < -0.4 is 11.3 Å². The van der Waals surface area contributed by atoms with E-state index in [1.807, 2.05) is 0 Å². The maximum atomic E-state index is 10.9. The number of rotatable bonds is 5. The van der Waals surface area contributed by atoms with Crippen LogP contribution in [0.15, 0.2) is 17.2 Å². The molecule has 92 valence electrons. The number of nitrogen functional groups attached to an aromatic ring is 1. The van der Waals surface area contributed by atoms with Gasteiger partial charge in [0, 0.05) is 6.07 Å². The summed E-state index contributed by atoms with van der Waals surface area (Å²) in [5.41, 5.74) is 2.09. The maximum absolute atomic E-state index is 10.9. The second-order valence-electron chi connectivity index (χ2n) is 2.79. The number of aromatic nitrogens is 1. The minimum atomic E-state index is -0.576. The molecule has 0 spiro atoms. The number of nitrogens with two attached hydrogens (primary N) is 1. The number of nitro groups is 1. The smallest absolute Gasteiger partial charge is 0.316 e. The minimum absolute atomic E-state index is 0.0572. The molecule has 0 saturated carbocycles. The van der Waals surface area contributed by atoms with Crippen LogP contribution in [0.3, 0.4) is 0 Å². The van der Waals surface area contributed by atoms with Crippen molar-refractivity contribution >= 4 is 29.2 Å². The third kappa shape index (κ3) is 3.57. The molecule has 1 rings (SSSR count). The van der Waals surface area contributed by atoms with Gasteiger partial charge in [0.2, 0.25) is 0 Å². The summed E-state index contributed by atoms with van der Waals surface area (Å²) in [4.78, 5) is 25.0. The summed E-state index contributed by atoms with van der Waals surface area (Å²) >= 11 is 0.915. The van der Waals surface area contributed by atoms with E-state index in [0.717, 1.165) is 11.8 Å². The van der Waals surface area contributed by atoms with E-state index in [1.54, 1.807) is 0 Å². The normalized spacial score (nSPS) is 9.76. The first-order valence-electron chi connectivity index (χ1n) is 4.40. The number of nitrogens with zero attached hydrogens (tertiary/aromatic N) is 2. The van der Waals surface area contributed by atoms with Crippen molar-refractivity contribution in [2.45, 2.75) is 5.03 Å². The van der Waals surface area contributed by atoms with E-state index in [9.17, 15) is 14.9 Å². The molecule has 0 radical (unpaired) electrons. The molecule has 0 atom stereocenters. The lowest BCUT2D eigenvalue weighted by atomic mass is 10.4. The molecule has 1 aromatic rings. The van der Waals surface area contributed by atoms with E-state index >= 15 is 0 Å². The number of nitrogens with one attached hydrogen (secondary N) is 1. The number of esters is 1. The van der Waals surface area contributed by atoms with Crippen LogP contribution in [0.1, 0.15) is 0 Å². The van der Waals surface area contributed by atoms with Crippen LogP contribution in [0.25, 0.3) is 0 Å². The molecule has 0 saturated heterocycles. The zero-order chi connectivity index (χ0) is 12.8. The van der Waals surface area contributed by atoms with Crippen LogP contribution in [0.4, 0.5) is 11.5 Å². The number of hydrazine groups is 1. The molecule has 0 unspecified atom stereocenters. The van der Waals surface area contributed by atoms with Crippen molar-refractivity contribution in [2.24, 2.45) is 5.84 Å². The molecule has 0 bridgehead atoms. The minimum Gasteiger partial charge on any atom is -0.468 e. The molecule has 3 N–H and O–H groups in total. The van der Waals surface area contributed by atoms with Gasteiger partial charge in [0.15, 0.2) is 5.03 Å². The lowest BCUT2D eigenvalue weighted by molar-refractivity contribution is -0.388. The molecule has 1 aromatic heterocycles. The van der Waals surface area contributed by atoms with Gasteiger partial charge in [0.25, 0.3) is 0 Å². The second-order valence-corrected chi connectivity index (χ2v) is 3.75. The SMILES string of the molecule is COC(=O)CSc1nc(NN)ccc1[N+](=O)[O-]. The van der Waals surface area contributed by atoms with Crippen LogP contribution in [0.2, 0.25) is 0 Å². The zero-order valence-corrected chi connectivity index (χ0v) is 9.69. The van der Waals surface area contributed by atoms with Crippen molar-refractivity contribution in [3.8, 4) is 0 Å². The average Bonchev–Trinajstić information content (AvgIpc) is 2.35. The average molecular weight is 258 g/mol. The molecule has 0 aliphatic heterocycles. The van der Waals surface area contributed by atoms with Crippen molar-refractivity contribution in [1.82, 2.24) is 4.98 Å². The Bertz CT molecular complexity index is 440. The van der Waals surface area contributed by atoms with E-state index in [4.69, 9.17) is 5.84 Å². The maximum Gasteiger partial charge on any atom is 0.316 e. The van der Waals surface area contributed by atoms with Crippen molar-refractivity contribution in [2.75, 3.05) is 18.3 Å². The third-order valence-corrected chi connectivity index (χ3v) is 2.69. The molecule has 8 nitrogen and oxygen atoms in total. The van der Waals surface area contributed by atoms with Crippen LogP contribution in [-0.4, -0.2) is 28.7 Å². The van der Waals surface area contributed by atoms with Crippen molar-refractivity contribution in [1.29, 1.82) is 0 Å². The molecule has 0 aromatic carbocycles. The van der Waals surface area contributed by atoms with Gasteiger partial charge in [-0.2, -0.15) is 0 Å². The van der Waals surface area contributed by atoms with E-state index in [1.165, 1.54) is 19.2 Å². The van der Waals surface area contributed by atoms with Gasteiger partial charge < -0.3 is 10.2 Å². The van der Waals surface area contributed by atoms with E-state index in [-0.39, 0.29) is 22.3 Å². The summed E-state index contributed by atoms with van der Waals surface area (Å²) in [6.45, 7) is 0. The number of carbonyl (C=O) groups excluding carboxylic acids is 1. The highest BCUT2D eigenvalue weighted by atomic mass is 32.2. The Kier molecular flexibility index (Phi) is 4.67. The number of thioether (sulfide) groups is 1. The second kappa shape index (κ2) is 6.01. The van der Waals surface area contributed by atoms with Gasteiger partial charge in [-0.05, 0) is 6.07 Å². The standard InChI is InChI=1S/C8H10N4O4S/c1-16-7(13)4-17-8-5(12(14)15)2-3-6(10-8)11-9/h2-3H,4,9H2,1H3,(H,10,11). The first-order valence-corrected chi connectivity index (χ1v) is 5.38.